The van der Waals surface area contributed by atoms with Crippen molar-refractivity contribution >= 4 is 5.82 Å². The lowest BCUT2D eigenvalue weighted by Crippen LogP contribution is -2.58. The van der Waals surface area contributed by atoms with Gasteiger partial charge in [0.25, 0.3) is 0 Å². The molecule has 0 atom stereocenters. The third-order valence-electron chi connectivity index (χ3n) is 3.75. The van der Waals surface area contributed by atoms with Gasteiger partial charge in [-0.3, -0.25) is 9.88 Å². The van der Waals surface area contributed by atoms with Crippen LogP contribution in [-0.2, 0) is 6.54 Å². The molecule has 6 nitrogen and oxygen atoms in total. The molecule has 1 aliphatic rings. The van der Waals surface area contributed by atoms with E-state index in [2.05, 4.69) is 37.9 Å². The second-order valence-corrected chi connectivity index (χ2v) is 5.17. The Bertz CT molecular complexity index is 645. The van der Waals surface area contributed by atoms with E-state index in [9.17, 15) is 0 Å². The van der Waals surface area contributed by atoms with E-state index < -0.39 is 0 Å². The fourth-order valence-electron chi connectivity index (χ4n) is 2.45. The molecule has 0 unspecified atom stereocenters. The predicted octanol–water partition coefficient (Wildman–Crippen LogP) is 1.06. The molecule has 1 aliphatic heterocycles. The van der Waals surface area contributed by atoms with Crippen LogP contribution in [0.15, 0.2) is 36.9 Å². The first-order chi connectivity index (χ1) is 10.3. The zero-order valence-electron chi connectivity index (χ0n) is 11.8. The smallest absolute Gasteiger partial charge is 0.183 e. The number of nitrogens with zero attached hydrogens (tertiary/aromatic N) is 6. The topological polar surface area (TPSA) is 68.9 Å². The van der Waals surface area contributed by atoms with E-state index >= 15 is 0 Å². The van der Waals surface area contributed by atoms with E-state index in [0.29, 0.717) is 17.6 Å². The van der Waals surface area contributed by atoms with Crippen LogP contribution >= 0.6 is 0 Å². The Morgan fingerprint density at radius 2 is 1.95 bits per heavy atom. The molecular weight excluding hydrogens is 264 g/mol. The Labute approximate surface area is 123 Å². The number of rotatable bonds is 4. The van der Waals surface area contributed by atoms with Gasteiger partial charge < -0.3 is 4.90 Å². The number of aromatic nitrogens is 3. The Kier molecular flexibility index (Phi) is 3.75. The van der Waals surface area contributed by atoms with Crippen molar-refractivity contribution in [2.45, 2.75) is 12.6 Å². The Balaban J connectivity index is 1.59. The van der Waals surface area contributed by atoms with Gasteiger partial charge in [-0.15, -0.1) is 0 Å². The molecule has 2 aromatic heterocycles. The minimum atomic E-state index is 0.396. The monoisotopic (exact) mass is 280 g/mol. The summed E-state index contributed by atoms with van der Waals surface area (Å²) in [6.45, 7) is 2.64. The lowest BCUT2D eigenvalue weighted by atomic mass is 10.1. The number of anilines is 1. The number of pyridine rings is 1. The van der Waals surface area contributed by atoms with E-state index in [1.165, 1.54) is 5.56 Å². The number of nitriles is 1. The molecular formula is C15H16N6. The Hall–Kier alpha value is -2.52. The zero-order valence-corrected chi connectivity index (χ0v) is 11.8. The fourth-order valence-corrected chi connectivity index (χ4v) is 2.45. The van der Waals surface area contributed by atoms with Gasteiger partial charge >= 0.3 is 0 Å². The summed E-state index contributed by atoms with van der Waals surface area (Å²) in [5.74, 6) is 0.688. The third kappa shape index (κ3) is 2.83. The van der Waals surface area contributed by atoms with Crippen LogP contribution < -0.4 is 4.90 Å². The van der Waals surface area contributed by atoms with Gasteiger partial charge in [0.05, 0.1) is 0 Å². The predicted molar refractivity (Wildman–Crippen MR) is 78.5 cm³/mol. The quantitative estimate of drug-likeness (QED) is 0.834. The highest BCUT2D eigenvalue weighted by atomic mass is 15.3. The molecule has 21 heavy (non-hydrogen) atoms. The maximum absolute atomic E-state index is 9.06. The molecule has 3 heterocycles. The number of hydrogen-bond donors (Lipinski definition) is 0. The normalized spacial score (nSPS) is 14.8. The SMILES string of the molecule is CN(Cc1ccncc1)C1CN(c2nccnc2C#N)C1. The van der Waals surface area contributed by atoms with E-state index in [1.807, 2.05) is 24.5 Å². The lowest BCUT2D eigenvalue weighted by molar-refractivity contribution is 0.196. The van der Waals surface area contributed by atoms with Crippen LogP contribution in [0.4, 0.5) is 5.82 Å². The molecule has 0 amide bonds. The third-order valence-corrected chi connectivity index (χ3v) is 3.75. The molecule has 0 aliphatic carbocycles. The molecule has 106 valence electrons. The van der Waals surface area contributed by atoms with Crippen molar-refractivity contribution in [2.24, 2.45) is 0 Å². The molecule has 0 saturated carbocycles. The highest BCUT2D eigenvalue weighted by Gasteiger charge is 2.32. The summed E-state index contributed by atoms with van der Waals surface area (Å²) in [7, 11) is 2.12. The lowest BCUT2D eigenvalue weighted by Gasteiger charge is -2.44. The van der Waals surface area contributed by atoms with Gasteiger partial charge in [-0.05, 0) is 24.7 Å². The van der Waals surface area contributed by atoms with Crippen molar-refractivity contribution in [1.29, 1.82) is 5.26 Å². The maximum atomic E-state index is 9.06. The molecule has 0 radical (unpaired) electrons. The minimum absolute atomic E-state index is 0.396. The highest BCUT2D eigenvalue weighted by molar-refractivity contribution is 5.51. The molecule has 0 spiro atoms. The first kappa shape index (κ1) is 13.5. The van der Waals surface area contributed by atoms with E-state index in [-0.39, 0.29) is 0 Å². The van der Waals surface area contributed by atoms with Crippen molar-refractivity contribution in [3.8, 4) is 6.07 Å². The minimum Gasteiger partial charge on any atom is -0.351 e. The van der Waals surface area contributed by atoms with Crippen LogP contribution in [0.1, 0.15) is 11.3 Å². The maximum Gasteiger partial charge on any atom is 0.183 e. The number of likely N-dealkylation sites (N-methyl/N-ethyl adjacent to an activating group) is 1. The zero-order chi connectivity index (χ0) is 14.7. The van der Waals surface area contributed by atoms with Gasteiger partial charge in [0.2, 0.25) is 0 Å². The summed E-state index contributed by atoms with van der Waals surface area (Å²) in [4.78, 5) is 16.8. The summed E-state index contributed by atoms with van der Waals surface area (Å²) < 4.78 is 0. The van der Waals surface area contributed by atoms with Gasteiger partial charge in [0.15, 0.2) is 11.5 Å². The summed E-state index contributed by atoms with van der Waals surface area (Å²) in [6, 6.07) is 6.62. The van der Waals surface area contributed by atoms with Gasteiger partial charge in [0, 0.05) is 50.5 Å². The van der Waals surface area contributed by atoms with E-state index in [1.54, 1.807) is 12.4 Å². The van der Waals surface area contributed by atoms with Crippen LogP contribution in [0.2, 0.25) is 0 Å². The van der Waals surface area contributed by atoms with E-state index in [0.717, 1.165) is 19.6 Å². The number of hydrogen-bond acceptors (Lipinski definition) is 6. The first-order valence-electron chi connectivity index (χ1n) is 6.83. The molecule has 0 aromatic carbocycles. The van der Waals surface area contributed by atoms with Gasteiger partial charge in [0.1, 0.15) is 6.07 Å². The van der Waals surface area contributed by atoms with Gasteiger partial charge in [-0.2, -0.15) is 5.26 Å². The Morgan fingerprint density at radius 3 is 2.67 bits per heavy atom. The molecule has 6 heteroatoms. The van der Waals surface area contributed by atoms with Crippen molar-refractivity contribution < 1.29 is 0 Å². The van der Waals surface area contributed by atoms with Crippen molar-refractivity contribution in [3.63, 3.8) is 0 Å². The van der Waals surface area contributed by atoms with Crippen LogP contribution in [0.25, 0.3) is 0 Å². The van der Waals surface area contributed by atoms with Crippen molar-refractivity contribution in [2.75, 3.05) is 25.0 Å². The highest BCUT2D eigenvalue weighted by Crippen LogP contribution is 2.23. The summed E-state index contributed by atoms with van der Waals surface area (Å²) >= 11 is 0. The molecule has 0 bridgehead atoms. The second-order valence-electron chi connectivity index (χ2n) is 5.17. The van der Waals surface area contributed by atoms with Crippen LogP contribution in [0.5, 0.6) is 0 Å². The fraction of sp³-hybridized carbons (Fsp3) is 0.333. The van der Waals surface area contributed by atoms with E-state index in [4.69, 9.17) is 5.26 Å². The van der Waals surface area contributed by atoms with Crippen LogP contribution in [0.3, 0.4) is 0 Å². The summed E-state index contributed by atoms with van der Waals surface area (Å²) in [5.41, 5.74) is 1.65. The van der Waals surface area contributed by atoms with Crippen LogP contribution in [-0.4, -0.2) is 46.0 Å². The van der Waals surface area contributed by atoms with Crippen LogP contribution in [0, 0.1) is 11.3 Å². The summed E-state index contributed by atoms with van der Waals surface area (Å²) in [5, 5.41) is 9.06. The molecule has 1 saturated heterocycles. The molecule has 0 N–H and O–H groups in total. The van der Waals surface area contributed by atoms with Gasteiger partial charge in [-0.1, -0.05) is 0 Å². The second kappa shape index (κ2) is 5.85. The molecule has 1 fully saturated rings. The molecule has 3 rings (SSSR count). The molecule has 2 aromatic rings. The van der Waals surface area contributed by atoms with Gasteiger partial charge in [-0.25, -0.2) is 9.97 Å². The average molecular weight is 280 g/mol. The van der Waals surface area contributed by atoms with Crippen molar-refractivity contribution in [3.05, 3.63) is 48.2 Å². The average Bonchev–Trinajstić information content (AvgIpc) is 2.47. The largest absolute Gasteiger partial charge is 0.351 e. The first-order valence-corrected chi connectivity index (χ1v) is 6.83. The summed E-state index contributed by atoms with van der Waals surface area (Å²) in [6.07, 6.45) is 6.81. The Morgan fingerprint density at radius 1 is 1.24 bits per heavy atom. The standard InChI is InChI=1S/C15H16N6/c1-20(9-12-2-4-17-5-3-12)13-10-21(11-13)15-14(8-16)18-6-7-19-15/h2-7,13H,9-11H2,1H3. The van der Waals surface area contributed by atoms with Crippen molar-refractivity contribution in [1.82, 2.24) is 19.9 Å².